The number of nitrogens with two attached hydrogens (primary N) is 1. The van der Waals surface area contributed by atoms with Crippen molar-refractivity contribution in [3.63, 3.8) is 0 Å². The molecule has 1 aliphatic carbocycles. The van der Waals surface area contributed by atoms with Crippen molar-refractivity contribution in [3.8, 4) is 11.1 Å². The monoisotopic (exact) mass is 390 g/mol. The van der Waals surface area contributed by atoms with Crippen molar-refractivity contribution >= 4 is 11.9 Å². The third-order valence-electron chi connectivity index (χ3n) is 6.34. The summed E-state index contributed by atoms with van der Waals surface area (Å²) in [5, 5.41) is 6.77. The number of carbonyl (C=O) groups is 1. The summed E-state index contributed by atoms with van der Waals surface area (Å²) in [5.41, 5.74) is 9.70. The minimum absolute atomic E-state index is 0.0294. The molecule has 3 aromatic rings. The van der Waals surface area contributed by atoms with Crippen LogP contribution in [0.2, 0.25) is 0 Å². The Bertz CT molecular complexity index is 1130. The minimum Gasteiger partial charge on any atom is -0.369 e. The van der Waals surface area contributed by atoms with Gasteiger partial charge < -0.3 is 10.6 Å². The number of aromatic amines is 2. The molecule has 4 N–H and O–H groups in total. The van der Waals surface area contributed by atoms with Crippen LogP contribution in [0.15, 0.2) is 41.5 Å². The topological polar surface area (TPSA) is 121 Å². The highest BCUT2D eigenvalue weighted by Gasteiger charge is 2.44. The Hall–Kier alpha value is -3.42. The van der Waals surface area contributed by atoms with Gasteiger partial charge in [0.1, 0.15) is 0 Å². The Morgan fingerprint density at radius 2 is 2.00 bits per heavy atom. The van der Waals surface area contributed by atoms with E-state index in [4.69, 9.17) is 5.73 Å². The lowest BCUT2D eigenvalue weighted by Crippen LogP contribution is -2.44. The first-order valence-corrected chi connectivity index (χ1v) is 9.83. The summed E-state index contributed by atoms with van der Waals surface area (Å²) in [6.45, 7) is 1.28. The molecule has 0 bridgehead atoms. The second kappa shape index (κ2) is 6.58. The van der Waals surface area contributed by atoms with Crippen LogP contribution in [0.25, 0.3) is 11.1 Å². The number of piperidine rings is 1. The Morgan fingerprint density at radius 3 is 2.76 bits per heavy atom. The van der Waals surface area contributed by atoms with Gasteiger partial charge in [-0.1, -0.05) is 12.1 Å². The summed E-state index contributed by atoms with van der Waals surface area (Å²) in [6, 6.07) is 7.62. The fraction of sp³-hybridized carbons (Fsp3) is 0.333. The molecular weight excluding hydrogens is 368 g/mol. The minimum atomic E-state index is -0.146. The van der Waals surface area contributed by atoms with E-state index in [0.29, 0.717) is 18.7 Å². The van der Waals surface area contributed by atoms with E-state index in [1.54, 1.807) is 6.20 Å². The van der Waals surface area contributed by atoms with Gasteiger partial charge in [0.15, 0.2) is 0 Å². The van der Waals surface area contributed by atoms with Gasteiger partial charge in [0.2, 0.25) is 5.95 Å². The zero-order valence-electron chi connectivity index (χ0n) is 15.9. The van der Waals surface area contributed by atoms with Gasteiger partial charge in [-0.25, -0.2) is 4.98 Å². The maximum Gasteiger partial charge on any atom is 0.255 e. The third-order valence-corrected chi connectivity index (χ3v) is 6.34. The van der Waals surface area contributed by atoms with Gasteiger partial charge in [0.05, 0.1) is 11.9 Å². The second-order valence-corrected chi connectivity index (χ2v) is 7.92. The maximum absolute atomic E-state index is 13.1. The molecule has 0 unspecified atom stereocenters. The number of amides is 1. The molecule has 1 amide bonds. The van der Waals surface area contributed by atoms with Crippen molar-refractivity contribution < 1.29 is 4.79 Å². The lowest BCUT2D eigenvalue weighted by molar-refractivity contribution is 0.0663. The molecule has 1 fully saturated rings. The van der Waals surface area contributed by atoms with E-state index in [1.807, 2.05) is 35.4 Å². The zero-order valence-corrected chi connectivity index (χ0v) is 15.9. The van der Waals surface area contributed by atoms with E-state index >= 15 is 0 Å². The number of carbonyl (C=O) groups excluding carboxylic acids is 1. The van der Waals surface area contributed by atoms with E-state index in [2.05, 4.69) is 20.2 Å². The highest BCUT2D eigenvalue weighted by Crippen LogP contribution is 2.44. The molecule has 1 saturated heterocycles. The molecule has 148 valence electrons. The number of benzene rings is 1. The van der Waals surface area contributed by atoms with Crippen LogP contribution in [0.1, 0.15) is 40.9 Å². The van der Waals surface area contributed by atoms with Crippen LogP contribution in [0, 0.1) is 0 Å². The standard InChI is InChI=1S/C21H22N6O2/c22-20-25-17-16(18(28)26-20)4-5-21(17)6-8-27(9-7-21)19(29)14-3-1-2-13(10-14)15-11-23-24-12-15/h1-3,10-12H,4-9H2,(H,23,24)(H3,22,25,26,28). The maximum atomic E-state index is 13.1. The summed E-state index contributed by atoms with van der Waals surface area (Å²) in [4.78, 5) is 34.3. The van der Waals surface area contributed by atoms with Crippen molar-refractivity contribution in [1.82, 2.24) is 25.1 Å². The van der Waals surface area contributed by atoms with Gasteiger partial charge in [-0.15, -0.1) is 0 Å². The molecule has 0 atom stereocenters. The number of H-pyrrole nitrogens is 2. The van der Waals surface area contributed by atoms with Gasteiger partial charge in [0.25, 0.3) is 11.5 Å². The molecule has 2 aliphatic rings. The fourth-order valence-corrected chi connectivity index (χ4v) is 4.72. The largest absolute Gasteiger partial charge is 0.369 e. The Balaban J connectivity index is 1.35. The molecule has 0 radical (unpaired) electrons. The van der Waals surface area contributed by atoms with Crippen molar-refractivity contribution in [2.24, 2.45) is 0 Å². The van der Waals surface area contributed by atoms with Crippen molar-refractivity contribution in [2.75, 3.05) is 18.8 Å². The van der Waals surface area contributed by atoms with Crippen LogP contribution in [0.5, 0.6) is 0 Å². The number of anilines is 1. The molecule has 8 nitrogen and oxygen atoms in total. The van der Waals surface area contributed by atoms with Crippen molar-refractivity contribution in [2.45, 2.75) is 31.1 Å². The Morgan fingerprint density at radius 1 is 1.17 bits per heavy atom. The lowest BCUT2D eigenvalue weighted by Gasteiger charge is -2.39. The number of likely N-dealkylation sites (tertiary alicyclic amines) is 1. The summed E-state index contributed by atoms with van der Waals surface area (Å²) in [5.74, 6) is 0.200. The number of fused-ring (bicyclic) bond motifs is 2. The Kier molecular flexibility index (Phi) is 4.01. The van der Waals surface area contributed by atoms with Crippen LogP contribution < -0.4 is 11.3 Å². The summed E-state index contributed by atoms with van der Waals surface area (Å²) >= 11 is 0. The number of nitrogen functional groups attached to an aromatic ring is 1. The number of nitrogens with one attached hydrogen (secondary N) is 2. The van der Waals surface area contributed by atoms with Gasteiger partial charge >= 0.3 is 0 Å². The molecule has 29 heavy (non-hydrogen) atoms. The number of nitrogens with zero attached hydrogens (tertiary/aromatic N) is 3. The third kappa shape index (κ3) is 2.91. The van der Waals surface area contributed by atoms with Crippen LogP contribution in [0.3, 0.4) is 0 Å². The molecule has 8 heteroatoms. The van der Waals surface area contributed by atoms with Crippen LogP contribution >= 0.6 is 0 Å². The highest BCUT2D eigenvalue weighted by molar-refractivity contribution is 5.95. The Labute approximate surface area is 167 Å². The number of hydrogen-bond acceptors (Lipinski definition) is 5. The molecule has 3 heterocycles. The van der Waals surface area contributed by atoms with E-state index < -0.39 is 0 Å². The van der Waals surface area contributed by atoms with E-state index in [1.165, 1.54) is 0 Å². The SMILES string of the molecule is Nc1nc2c(c(=O)[nH]1)CCC21CCN(C(=O)c2cccc(-c3cn[nH]c3)c2)CC1. The van der Waals surface area contributed by atoms with E-state index in [0.717, 1.165) is 48.1 Å². The molecule has 5 rings (SSSR count). The normalized spacial score (nSPS) is 17.4. The number of aromatic nitrogens is 4. The summed E-state index contributed by atoms with van der Waals surface area (Å²) < 4.78 is 0. The van der Waals surface area contributed by atoms with Crippen LogP contribution in [-0.2, 0) is 11.8 Å². The van der Waals surface area contributed by atoms with Gasteiger partial charge in [-0.2, -0.15) is 5.10 Å². The number of hydrogen-bond donors (Lipinski definition) is 3. The smallest absolute Gasteiger partial charge is 0.255 e. The first-order valence-electron chi connectivity index (χ1n) is 9.83. The van der Waals surface area contributed by atoms with Crippen LogP contribution in [0.4, 0.5) is 5.95 Å². The zero-order chi connectivity index (χ0) is 20.0. The molecular formula is C21H22N6O2. The summed E-state index contributed by atoms with van der Waals surface area (Å²) in [6.07, 6.45) is 6.75. The van der Waals surface area contributed by atoms with Crippen LogP contribution in [-0.4, -0.2) is 44.1 Å². The molecule has 2 aromatic heterocycles. The predicted molar refractivity (Wildman–Crippen MR) is 108 cm³/mol. The molecule has 1 aromatic carbocycles. The van der Waals surface area contributed by atoms with Gasteiger partial charge in [-0.3, -0.25) is 19.7 Å². The van der Waals surface area contributed by atoms with Gasteiger partial charge in [-0.05, 0) is 43.4 Å². The second-order valence-electron chi connectivity index (χ2n) is 7.92. The van der Waals surface area contributed by atoms with Crippen molar-refractivity contribution in [1.29, 1.82) is 0 Å². The average molecular weight is 390 g/mol. The average Bonchev–Trinajstić information content (AvgIpc) is 3.38. The molecule has 1 aliphatic heterocycles. The van der Waals surface area contributed by atoms with Gasteiger partial charge in [0, 0.05) is 41.4 Å². The fourth-order valence-electron chi connectivity index (χ4n) is 4.72. The first kappa shape index (κ1) is 17.7. The quantitative estimate of drug-likeness (QED) is 0.617. The number of rotatable bonds is 2. The molecule has 1 spiro atoms. The molecule has 0 saturated carbocycles. The van der Waals surface area contributed by atoms with E-state index in [9.17, 15) is 9.59 Å². The van der Waals surface area contributed by atoms with E-state index in [-0.39, 0.29) is 22.8 Å². The summed E-state index contributed by atoms with van der Waals surface area (Å²) in [7, 11) is 0. The predicted octanol–water partition coefficient (Wildman–Crippen LogP) is 1.86. The lowest BCUT2D eigenvalue weighted by atomic mass is 9.76. The highest BCUT2D eigenvalue weighted by atomic mass is 16.2. The first-order chi connectivity index (χ1) is 14.1. The van der Waals surface area contributed by atoms with Crippen molar-refractivity contribution in [3.05, 3.63) is 63.8 Å².